The number of hydrogen-bond acceptors (Lipinski definition) is 3. The number of nitrogens with one attached hydrogen (secondary N) is 2. The van der Waals surface area contributed by atoms with Crippen LogP contribution in [0.4, 0.5) is 9.18 Å². The number of hydrogen-bond donors (Lipinski definition) is 3. The Morgan fingerprint density at radius 3 is 2.67 bits per heavy atom. The predicted octanol–water partition coefficient (Wildman–Crippen LogP) is 2.39. The van der Waals surface area contributed by atoms with E-state index in [1.165, 1.54) is 23.9 Å². The third-order valence-electron chi connectivity index (χ3n) is 2.91. The average Bonchev–Trinajstić information content (AvgIpc) is 2.43. The molecular weight excluding hydrogens is 295 g/mol. The van der Waals surface area contributed by atoms with Crippen molar-refractivity contribution in [3.05, 3.63) is 35.6 Å². The van der Waals surface area contributed by atoms with E-state index in [-0.39, 0.29) is 5.82 Å². The summed E-state index contributed by atoms with van der Waals surface area (Å²) in [4.78, 5) is 22.8. The number of halogens is 1. The molecule has 116 valence electrons. The summed E-state index contributed by atoms with van der Waals surface area (Å²) in [7, 11) is 0. The molecule has 2 atom stereocenters. The second-order valence-electron chi connectivity index (χ2n) is 4.57. The van der Waals surface area contributed by atoms with Gasteiger partial charge in [-0.05, 0) is 43.0 Å². The molecule has 0 aliphatic carbocycles. The maximum atomic E-state index is 13.1. The molecule has 0 aromatic heterocycles. The van der Waals surface area contributed by atoms with Crippen LogP contribution in [0.1, 0.15) is 24.9 Å². The van der Waals surface area contributed by atoms with Gasteiger partial charge in [-0.3, -0.25) is 0 Å². The van der Waals surface area contributed by atoms with Crippen molar-refractivity contribution in [2.75, 3.05) is 12.0 Å². The molecule has 0 bridgehead atoms. The molecule has 21 heavy (non-hydrogen) atoms. The van der Waals surface area contributed by atoms with Crippen molar-refractivity contribution in [1.82, 2.24) is 10.6 Å². The predicted molar refractivity (Wildman–Crippen MR) is 80.9 cm³/mol. The minimum atomic E-state index is -1.07. The fourth-order valence-electron chi connectivity index (χ4n) is 1.75. The Hall–Kier alpha value is -1.76. The van der Waals surface area contributed by atoms with Gasteiger partial charge >= 0.3 is 12.0 Å². The summed E-state index contributed by atoms with van der Waals surface area (Å²) >= 11 is 1.51. The van der Waals surface area contributed by atoms with Crippen molar-refractivity contribution < 1.29 is 19.1 Å². The van der Waals surface area contributed by atoms with E-state index in [1.807, 2.05) is 6.26 Å². The standard InChI is InChI=1S/C14H19FN2O3S/c1-9(10-4-3-5-11(15)8-10)16-14(20)17-12(13(18)19)6-7-21-2/h3-5,8-9,12H,6-7H2,1-2H3,(H,18,19)(H2,16,17,20)/t9?,12-/m1/s1. The SMILES string of the molecule is CSCC[C@@H](NC(=O)NC(C)c1cccc(F)c1)C(=O)O. The molecule has 1 unspecified atom stereocenters. The number of rotatable bonds is 7. The van der Waals surface area contributed by atoms with E-state index in [4.69, 9.17) is 5.11 Å². The first kappa shape index (κ1) is 17.3. The molecule has 0 heterocycles. The van der Waals surface area contributed by atoms with Gasteiger partial charge in [-0.1, -0.05) is 12.1 Å². The van der Waals surface area contributed by atoms with Crippen LogP contribution in [0.15, 0.2) is 24.3 Å². The van der Waals surface area contributed by atoms with Gasteiger partial charge in [-0.15, -0.1) is 0 Å². The molecule has 0 aliphatic heterocycles. The van der Waals surface area contributed by atoms with Gasteiger partial charge in [-0.25, -0.2) is 14.0 Å². The lowest BCUT2D eigenvalue weighted by Crippen LogP contribution is -2.46. The quantitative estimate of drug-likeness (QED) is 0.722. The largest absolute Gasteiger partial charge is 0.480 e. The topological polar surface area (TPSA) is 78.4 Å². The van der Waals surface area contributed by atoms with Gasteiger partial charge in [-0.2, -0.15) is 11.8 Å². The number of aliphatic carboxylic acids is 1. The van der Waals surface area contributed by atoms with Crippen molar-refractivity contribution in [1.29, 1.82) is 0 Å². The number of carbonyl (C=O) groups excluding carboxylic acids is 1. The first-order valence-electron chi connectivity index (χ1n) is 6.48. The molecule has 1 rings (SSSR count). The van der Waals surface area contributed by atoms with E-state index in [0.29, 0.717) is 17.7 Å². The number of carboxylic acids is 1. The molecule has 7 heteroatoms. The monoisotopic (exact) mass is 314 g/mol. The van der Waals surface area contributed by atoms with Gasteiger partial charge in [0.2, 0.25) is 0 Å². The van der Waals surface area contributed by atoms with E-state index in [1.54, 1.807) is 19.1 Å². The number of thioether (sulfide) groups is 1. The summed E-state index contributed by atoms with van der Waals surface area (Å²) in [6.07, 6.45) is 2.21. The summed E-state index contributed by atoms with van der Waals surface area (Å²) in [5, 5.41) is 14.0. The van der Waals surface area contributed by atoms with Crippen LogP contribution in [0.2, 0.25) is 0 Å². The Morgan fingerprint density at radius 2 is 2.10 bits per heavy atom. The molecule has 0 saturated carbocycles. The van der Waals surface area contributed by atoms with E-state index >= 15 is 0 Å². The maximum Gasteiger partial charge on any atom is 0.326 e. The molecule has 0 aliphatic rings. The van der Waals surface area contributed by atoms with Crippen molar-refractivity contribution >= 4 is 23.8 Å². The van der Waals surface area contributed by atoms with Crippen LogP contribution in [0.25, 0.3) is 0 Å². The fraction of sp³-hybridized carbons (Fsp3) is 0.429. The molecule has 0 fully saturated rings. The number of carboxylic acid groups (broad SMARTS) is 1. The normalized spacial score (nSPS) is 13.3. The zero-order chi connectivity index (χ0) is 15.8. The lowest BCUT2D eigenvalue weighted by molar-refractivity contribution is -0.139. The summed E-state index contributed by atoms with van der Waals surface area (Å²) in [6.45, 7) is 1.70. The van der Waals surface area contributed by atoms with Crippen LogP contribution in [-0.4, -0.2) is 35.2 Å². The molecule has 5 nitrogen and oxygen atoms in total. The van der Waals surface area contributed by atoms with Crippen LogP contribution >= 0.6 is 11.8 Å². The van der Waals surface area contributed by atoms with Gasteiger partial charge in [0.15, 0.2) is 0 Å². The minimum absolute atomic E-state index is 0.346. The van der Waals surface area contributed by atoms with Gasteiger partial charge < -0.3 is 15.7 Å². The highest BCUT2D eigenvalue weighted by molar-refractivity contribution is 7.98. The summed E-state index contributed by atoms with van der Waals surface area (Å²) < 4.78 is 13.1. The van der Waals surface area contributed by atoms with Gasteiger partial charge in [0.05, 0.1) is 6.04 Å². The lowest BCUT2D eigenvalue weighted by atomic mass is 10.1. The van der Waals surface area contributed by atoms with Crippen LogP contribution in [0.3, 0.4) is 0 Å². The highest BCUT2D eigenvalue weighted by atomic mass is 32.2. The van der Waals surface area contributed by atoms with Gasteiger partial charge in [0.25, 0.3) is 0 Å². The van der Waals surface area contributed by atoms with Crippen molar-refractivity contribution in [3.8, 4) is 0 Å². The molecule has 0 radical (unpaired) electrons. The molecule has 2 amide bonds. The van der Waals surface area contributed by atoms with Crippen LogP contribution in [0, 0.1) is 5.82 Å². The van der Waals surface area contributed by atoms with Crippen LogP contribution < -0.4 is 10.6 Å². The molecule has 0 saturated heterocycles. The number of urea groups is 1. The van der Waals surface area contributed by atoms with Crippen molar-refractivity contribution in [3.63, 3.8) is 0 Å². The third kappa shape index (κ3) is 6.03. The Bertz CT molecular complexity index is 499. The van der Waals surface area contributed by atoms with E-state index in [2.05, 4.69) is 10.6 Å². The second kappa shape index (κ2) is 8.51. The first-order valence-corrected chi connectivity index (χ1v) is 7.87. The smallest absolute Gasteiger partial charge is 0.326 e. The number of amides is 2. The molecule has 0 spiro atoms. The maximum absolute atomic E-state index is 13.1. The van der Waals surface area contributed by atoms with E-state index in [9.17, 15) is 14.0 Å². The number of carbonyl (C=O) groups is 2. The summed E-state index contributed by atoms with van der Waals surface area (Å²) in [6, 6.07) is 3.95. The number of benzene rings is 1. The Kier molecular flexibility index (Phi) is 7.01. The minimum Gasteiger partial charge on any atom is -0.480 e. The molecule has 3 N–H and O–H groups in total. The molecular formula is C14H19FN2O3S. The van der Waals surface area contributed by atoms with Crippen molar-refractivity contribution in [2.45, 2.75) is 25.4 Å². The first-order chi connectivity index (χ1) is 9.93. The van der Waals surface area contributed by atoms with Gasteiger partial charge in [0, 0.05) is 0 Å². The Morgan fingerprint density at radius 1 is 1.38 bits per heavy atom. The Labute approximate surface area is 127 Å². The zero-order valence-electron chi connectivity index (χ0n) is 11.9. The highest BCUT2D eigenvalue weighted by Gasteiger charge is 2.20. The third-order valence-corrected chi connectivity index (χ3v) is 3.55. The van der Waals surface area contributed by atoms with Crippen LogP contribution in [0.5, 0.6) is 0 Å². The Balaban J connectivity index is 2.57. The van der Waals surface area contributed by atoms with E-state index < -0.39 is 24.1 Å². The lowest BCUT2D eigenvalue weighted by Gasteiger charge is -2.18. The average molecular weight is 314 g/mol. The molecule has 1 aromatic carbocycles. The van der Waals surface area contributed by atoms with Crippen molar-refractivity contribution in [2.24, 2.45) is 0 Å². The fourth-order valence-corrected chi connectivity index (χ4v) is 2.22. The summed E-state index contributed by atoms with van der Waals surface area (Å²) in [5.41, 5.74) is 0.612. The molecule has 1 aromatic rings. The highest BCUT2D eigenvalue weighted by Crippen LogP contribution is 2.13. The summed E-state index contributed by atoms with van der Waals surface area (Å²) in [5.74, 6) is -0.820. The second-order valence-corrected chi connectivity index (χ2v) is 5.55. The van der Waals surface area contributed by atoms with Gasteiger partial charge in [0.1, 0.15) is 11.9 Å². The van der Waals surface area contributed by atoms with Crippen LogP contribution in [-0.2, 0) is 4.79 Å². The van der Waals surface area contributed by atoms with E-state index in [0.717, 1.165) is 0 Å². The zero-order valence-corrected chi connectivity index (χ0v) is 12.7.